The molecule has 2 heterocycles. The second kappa shape index (κ2) is 6.78. The maximum atomic E-state index is 12.5. The topological polar surface area (TPSA) is 80.8 Å². The zero-order valence-electron chi connectivity index (χ0n) is 14.4. The average molecular weight is 365 g/mol. The van der Waals surface area contributed by atoms with Crippen molar-refractivity contribution in [1.29, 1.82) is 0 Å². The molecule has 1 fully saturated rings. The molecular formula is C18H23NO5S. The predicted octanol–water partition coefficient (Wildman–Crippen LogP) is 1.84. The first-order valence-corrected chi connectivity index (χ1v) is 10.6. The highest BCUT2D eigenvalue weighted by Crippen LogP contribution is 2.39. The van der Waals surface area contributed by atoms with E-state index in [0.29, 0.717) is 43.7 Å². The van der Waals surface area contributed by atoms with E-state index < -0.39 is 15.4 Å². The first kappa shape index (κ1) is 17.9. The minimum Gasteiger partial charge on any atom is -0.486 e. The molecule has 7 heteroatoms. The number of fused-ring (bicyclic) bond motifs is 1. The molecule has 1 aromatic carbocycles. The molecular weight excluding hydrogens is 342 g/mol. The highest BCUT2D eigenvalue weighted by Gasteiger charge is 2.41. The van der Waals surface area contributed by atoms with E-state index in [9.17, 15) is 18.0 Å². The lowest BCUT2D eigenvalue weighted by atomic mass is 9.84. The van der Waals surface area contributed by atoms with Gasteiger partial charge < -0.3 is 9.64 Å². The molecule has 1 unspecified atom stereocenters. The Hall–Kier alpha value is -1.89. The summed E-state index contributed by atoms with van der Waals surface area (Å²) < 4.78 is 28.7. The average Bonchev–Trinajstić information content (AvgIpc) is 2.75. The van der Waals surface area contributed by atoms with Crippen LogP contribution >= 0.6 is 0 Å². The number of hydrogen-bond acceptors (Lipinski definition) is 5. The van der Waals surface area contributed by atoms with Crippen molar-refractivity contribution >= 4 is 21.5 Å². The molecule has 136 valence electrons. The van der Waals surface area contributed by atoms with E-state index in [-0.39, 0.29) is 23.9 Å². The van der Waals surface area contributed by atoms with Crippen LogP contribution in [0.25, 0.3) is 0 Å². The third-order valence-electron chi connectivity index (χ3n) is 4.93. The van der Waals surface area contributed by atoms with E-state index in [0.717, 1.165) is 12.7 Å². The molecule has 0 aliphatic carbocycles. The van der Waals surface area contributed by atoms with Crippen molar-refractivity contribution in [2.45, 2.75) is 37.7 Å². The largest absolute Gasteiger partial charge is 0.486 e. The SMILES string of the molecule is CS(=O)(=O)CCC(=O)N1CCCC2(CC1)CC(=O)c1ccccc1O2. The summed E-state index contributed by atoms with van der Waals surface area (Å²) in [5, 5.41) is 0. The van der Waals surface area contributed by atoms with Gasteiger partial charge in [-0.3, -0.25) is 9.59 Å². The van der Waals surface area contributed by atoms with Gasteiger partial charge in [-0.25, -0.2) is 8.42 Å². The van der Waals surface area contributed by atoms with Crippen LogP contribution in [0, 0.1) is 0 Å². The molecule has 2 aliphatic rings. The molecule has 2 aliphatic heterocycles. The summed E-state index contributed by atoms with van der Waals surface area (Å²) in [5.74, 6) is 0.426. The summed E-state index contributed by atoms with van der Waals surface area (Å²) in [7, 11) is -3.15. The molecule has 0 N–H and O–H groups in total. The number of ether oxygens (including phenoxy) is 1. The molecule has 6 nitrogen and oxygen atoms in total. The zero-order valence-corrected chi connectivity index (χ0v) is 15.2. The Morgan fingerprint density at radius 3 is 2.76 bits per heavy atom. The van der Waals surface area contributed by atoms with Gasteiger partial charge in [-0.1, -0.05) is 12.1 Å². The van der Waals surface area contributed by atoms with Gasteiger partial charge in [-0.15, -0.1) is 0 Å². The number of amides is 1. The Balaban J connectivity index is 1.68. The van der Waals surface area contributed by atoms with Gasteiger partial charge in [-0.05, 0) is 25.0 Å². The van der Waals surface area contributed by atoms with Gasteiger partial charge in [0.2, 0.25) is 5.91 Å². The summed E-state index contributed by atoms with van der Waals surface area (Å²) in [5.41, 5.74) is 0.0653. The fourth-order valence-corrected chi connectivity index (χ4v) is 4.12. The number of Topliss-reactive ketones (excluding diaryl/α,β-unsaturated/α-hetero) is 1. The van der Waals surface area contributed by atoms with Crippen LogP contribution in [0.1, 0.15) is 42.5 Å². The van der Waals surface area contributed by atoms with Crippen LogP contribution in [-0.2, 0) is 14.6 Å². The van der Waals surface area contributed by atoms with E-state index in [1.54, 1.807) is 11.0 Å². The third-order valence-corrected chi connectivity index (χ3v) is 5.88. The summed E-state index contributed by atoms with van der Waals surface area (Å²) in [6.07, 6.45) is 3.50. The van der Waals surface area contributed by atoms with Gasteiger partial charge in [0, 0.05) is 32.2 Å². The van der Waals surface area contributed by atoms with Crippen LogP contribution < -0.4 is 4.74 Å². The van der Waals surface area contributed by atoms with Crippen LogP contribution in [0.5, 0.6) is 5.75 Å². The van der Waals surface area contributed by atoms with Crippen molar-refractivity contribution in [2.24, 2.45) is 0 Å². The molecule has 1 atom stereocenters. The molecule has 0 aromatic heterocycles. The third kappa shape index (κ3) is 4.21. The second-order valence-electron chi connectivity index (χ2n) is 7.00. The number of nitrogens with zero attached hydrogens (tertiary/aromatic N) is 1. The number of carbonyl (C=O) groups excluding carboxylic acids is 2. The number of likely N-dealkylation sites (tertiary alicyclic amines) is 1. The Bertz CT molecular complexity index is 788. The molecule has 1 aromatic rings. The lowest BCUT2D eigenvalue weighted by Gasteiger charge is -2.37. The molecule has 25 heavy (non-hydrogen) atoms. The molecule has 0 saturated carbocycles. The standard InChI is InChI=1S/C18H23NO5S/c1-25(22,23)12-7-17(21)19-10-4-8-18(9-11-19)13-15(20)14-5-2-3-6-16(14)24-18/h2-3,5-6H,4,7-13H2,1H3. The van der Waals surface area contributed by atoms with Gasteiger partial charge in [0.05, 0.1) is 17.7 Å². The van der Waals surface area contributed by atoms with E-state index in [1.807, 2.05) is 18.2 Å². The number of sulfone groups is 1. The van der Waals surface area contributed by atoms with E-state index in [1.165, 1.54) is 0 Å². The van der Waals surface area contributed by atoms with Crippen LogP contribution in [0.15, 0.2) is 24.3 Å². The van der Waals surface area contributed by atoms with Crippen molar-refractivity contribution in [3.8, 4) is 5.75 Å². The van der Waals surface area contributed by atoms with E-state index in [2.05, 4.69) is 0 Å². The van der Waals surface area contributed by atoms with Gasteiger partial charge in [-0.2, -0.15) is 0 Å². The van der Waals surface area contributed by atoms with Gasteiger partial charge in [0.15, 0.2) is 5.78 Å². The molecule has 1 amide bonds. The van der Waals surface area contributed by atoms with Gasteiger partial charge in [0.1, 0.15) is 21.2 Å². The molecule has 0 radical (unpaired) electrons. The number of ketones is 1. The van der Waals surface area contributed by atoms with E-state index in [4.69, 9.17) is 4.74 Å². The molecule has 1 spiro atoms. The van der Waals surface area contributed by atoms with Crippen molar-refractivity contribution < 1.29 is 22.7 Å². The first-order valence-electron chi connectivity index (χ1n) is 8.55. The highest BCUT2D eigenvalue weighted by atomic mass is 32.2. The van der Waals surface area contributed by atoms with Crippen molar-refractivity contribution in [3.63, 3.8) is 0 Å². The zero-order chi connectivity index (χ0) is 18.1. The highest BCUT2D eigenvalue weighted by molar-refractivity contribution is 7.90. The number of rotatable bonds is 3. The second-order valence-corrected chi connectivity index (χ2v) is 9.26. The van der Waals surface area contributed by atoms with Crippen LogP contribution in [0.4, 0.5) is 0 Å². The van der Waals surface area contributed by atoms with Crippen molar-refractivity contribution in [1.82, 2.24) is 4.90 Å². The summed E-state index contributed by atoms with van der Waals surface area (Å²) in [6, 6.07) is 7.27. The number of hydrogen-bond donors (Lipinski definition) is 0. The lowest BCUT2D eigenvalue weighted by molar-refractivity contribution is -0.130. The maximum Gasteiger partial charge on any atom is 0.223 e. The minimum atomic E-state index is -3.15. The number of benzene rings is 1. The normalized spacial score (nSPS) is 23.7. The Kier molecular flexibility index (Phi) is 4.86. The molecule has 0 bridgehead atoms. The van der Waals surface area contributed by atoms with Crippen LogP contribution in [0.3, 0.4) is 0 Å². The van der Waals surface area contributed by atoms with Crippen molar-refractivity contribution in [3.05, 3.63) is 29.8 Å². The van der Waals surface area contributed by atoms with Gasteiger partial charge in [0.25, 0.3) is 0 Å². The Morgan fingerprint density at radius 2 is 2.00 bits per heavy atom. The number of carbonyl (C=O) groups is 2. The maximum absolute atomic E-state index is 12.5. The minimum absolute atomic E-state index is 0.00839. The fourth-order valence-electron chi connectivity index (χ4n) is 3.57. The predicted molar refractivity (Wildman–Crippen MR) is 93.5 cm³/mol. The molecule has 1 saturated heterocycles. The first-order chi connectivity index (χ1) is 11.8. The van der Waals surface area contributed by atoms with Crippen LogP contribution in [0.2, 0.25) is 0 Å². The quantitative estimate of drug-likeness (QED) is 0.816. The number of para-hydroxylation sites is 1. The molecule has 3 rings (SSSR count). The van der Waals surface area contributed by atoms with Gasteiger partial charge >= 0.3 is 0 Å². The summed E-state index contributed by atoms with van der Waals surface area (Å²) in [4.78, 5) is 26.5. The Labute approximate surface area is 148 Å². The summed E-state index contributed by atoms with van der Waals surface area (Å²) in [6.45, 7) is 1.06. The fraction of sp³-hybridized carbons (Fsp3) is 0.556. The smallest absolute Gasteiger partial charge is 0.223 e. The Morgan fingerprint density at radius 1 is 1.24 bits per heavy atom. The lowest BCUT2D eigenvalue weighted by Crippen LogP contribution is -2.43. The summed E-state index contributed by atoms with van der Waals surface area (Å²) >= 11 is 0. The van der Waals surface area contributed by atoms with Crippen LogP contribution in [-0.4, -0.2) is 55.7 Å². The van der Waals surface area contributed by atoms with Crippen molar-refractivity contribution in [2.75, 3.05) is 25.1 Å². The monoisotopic (exact) mass is 365 g/mol. The van der Waals surface area contributed by atoms with E-state index >= 15 is 0 Å².